The minimum Gasteiger partial charge on any atom is -0.350 e. The lowest BCUT2D eigenvalue weighted by Crippen LogP contribution is -2.29. The Balaban J connectivity index is 1.73. The fraction of sp³-hybridized carbons (Fsp3) is 0.150. The van der Waals surface area contributed by atoms with Crippen molar-refractivity contribution < 1.29 is 4.79 Å². The minimum atomic E-state index is -0.0741. The van der Waals surface area contributed by atoms with Crippen LogP contribution >= 0.6 is 0 Å². The van der Waals surface area contributed by atoms with Crippen molar-refractivity contribution >= 4 is 17.4 Å². The highest BCUT2D eigenvalue weighted by Crippen LogP contribution is 2.21. The summed E-state index contributed by atoms with van der Waals surface area (Å²) >= 11 is 0. The second-order valence-electron chi connectivity index (χ2n) is 5.99. The molecule has 3 rings (SSSR count). The first-order valence-electron chi connectivity index (χ1n) is 8.17. The standard InChI is InChI=1S/C20H20N4O/c1-14(2)23-20(25)16-8-10-17(11-9-16)24-19-12-18(21-13-22-19)15-6-4-3-5-7-15/h3-14H,1-2H3,(H,23,25)(H,21,22,24). The number of nitrogens with one attached hydrogen (secondary N) is 2. The van der Waals surface area contributed by atoms with Crippen LogP contribution in [0.4, 0.5) is 11.5 Å². The van der Waals surface area contributed by atoms with E-state index in [1.54, 1.807) is 12.1 Å². The summed E-state index contributed by atoms with van der Waals surface area (Å²) in [5.41, 5.74) is 3.38. The van der Waals surface area contributed by atoms with E-state index in [9.17, 15) is 4.79 Å². The molecule has 2 N–H and O–H groups in total. The molecule has 0 aliphatic heterocycles. The first kappa shape index (κ1) is 16.6. The molecule has 5 nitrogen and oxygen atoms in total. The molecule has 1 amide bonds. The van der Waals surface area contributed by atoms with Crippen LogP contribution in [-0.4, -0.2) is 21.9 Å². The van der Waals surface area contributed by atoms with E-state index in [1.807, 2.05) is 62.4 Å². The third kappa shape index (κ3) is 4.41. The van der Waals surface area contributed by atoms with Crippen molar-refractivity contribution in [3.8, 4) is 11.3 Å². The van der Waals surface area contributed by atoms with Gasteiger partial charge in [-0.3, -0.25) is 4.79 Å². The number of carbonyl (C=O) groups is 1. The maximum absolute atomic E-state index is 12.0. The minimum absolute atomic E-state index is 0.0741. The van der Waals surface area contributed by atoms with Gasteiger partial charge in [0.25, 0.3) is 5.91 Å². The van der Waals surface area contributed by atoms with Crippen LogP contribution in [0, 0.1) is 0 Å². The van der Waals surface area contributed by atoms with Crippen molar-refractivity contribution in [3.63, 3.8) is 0 Å². The van der Waals surface area contributed by atoms with Gasteiger partial charge in [0.15, 0.2) is 0 Å². The lowest BCUT2D eigenvalue weighted by molar-refractivity contribution is 0.0943. The molecule has 2 aromatic carbocycles. The van der Waals surface area contributed by atoms with Gasteiger partial charge in [-0.2, -0.15) is 0 Å². The molecule has 0 fully saturated rings. The number of carbonyl (C=O) groups excluding carboxylic acids is 1. The Kier molecular flexibility index (Phi) is 5.04. The number of hydrogen-bond donors (Lipinski definition) is 2. The van der Waals surface area contributed by atoms with E-state index >= 15 is 0 Å². The highest BCUT2D eigenvalue weighted by molar-refractivity contribution is 5.94. The number of benzene rings is 2. The molecule has 0 aliphatic rings. The average molecular weight is 332 g/mol. The Hall–Kier alpha value is -3.21. The molecule has 0 saturated carbocycles. The van der Waals surface area contributed by atoms with Crippen LogP contribution in [0.15, 0.2) is 67.0 Å². The lowest BCUT2D eigenvalue weighted by atomic mass is 10.1. The monoisotopic (exact) mass is 332 g/mol. The number of nitrogens with zero attached hydrogens (tertiary/aromatic N) is 2. The zero-order chi connectivity index (χ0) is 17.6. The summed E-state index contributed by atoms with van der Waals surface area (Å²) in [7, 11) is 0. The summed E-state index contributed by atoms with van der Waals surface area (Å²) in [4.78, 5) is 20.5. The molecule has 0 bridgehead atoms. The molecule has 0 saturated heterocycles. The van der Waals surface area contributed by atoms with Gasteiger partial charge in [-0.1, -0.05) is 30.3 Å². The molecule has 0 atom stereocenters. The normalized spacial score (nSPS) is 10.5. The third-order valence-corrected chi connectivity index (χ3v) is 3.58. The van der Waals surface area contributed by atoms with Crippen LogP contribution < -0.4 is 10.6 Å². The molecular weight excluding hydrogens is 312 g/mol. The number of hydrogen-bond acceptors (Lipinski definition) is 4. The van der Waals surface area contributed by atoms with Gasteiger partial charge < -0.3 is 10.6 Å². The maximum Gasteiger partial charge on any atom is 0.251 e. The Morgan fingerprint density at radius 2 is 1.68 bits per heavy atom. The molecule has 3 aromatic rings. The Labute approximate surface area is 147 Å². The lowest BCUT2D eigenvalue weighted by Gasteiger charge is -2.10. The molecule has 5 heteroatoms. The summed E-state index contributed by atoms with van der Waals surface area (Å²) in [6.07, 6.45) is 1.54. The van der Waals surface area contributed by atoms with Crippen molar-refractivity contribution in [2.24, 2.45) is 0 Å². The van der Waals surface area contributed by atoms with Crippen molar-refractivity contribution in [2.75, 3.05) is 5.32 Å². The molecule has 0 radical (unpaired) electrons. The second-order valence-corrected chi connectivity index (χ2v) is 5.99. The van der Waals surface area contributed by atoms with Gasteiger partial charge in [0.05, 0.1) is 5.69 Å². The van der Waals surface area contributed by atoms with Gasteiger partial charge in [0, 0.05) is 28.9 Å². The van der Waals surface area contributed by atoms with E-state index in [1.165, 1.54) is 6.33 Å². The van der Waals surface area contributed by atoms with Gasteiger partial charge in [-0.25, -0.2) is 9.97 Å². The maximum atomic E-state index is 12.0. The van der Waals surface area contributed by atoms with Crippen molar-refractivity contribution in [1.29, 1.82) is 0 Å². The van der Waals surface area contributed by atoms with Crippen LogP contribution in [0.2, 0.25) is 0 Å². The Bertz CT molecular complexity index is 845. The van der Waals surface area contributed by atoms with E-state index in [0.29, 0.717) is 11.4 Å². The van der Waals surface area contributed by atoms with Crippen LogP contribution in [-0.2, 0) is 0 Å². The fourth-order valence-electron chi connectivity index (χ4n) is 2.39. The molecule has 0 unspecified atom stereocenters. The van der Waals surface area contributed by atoms with Gasteiger partial charge in [0.1, 0.15) is 12.1 Å². The first-order valence-corrected chi connectivity index (χ1v) is 8.17. The van der Waals surface area contributed by atoms with Gasteiger partial charge in [-0.15, -0.1) is 0 Å². The largest absolute Gasteiger partial charge is 0.350 e. The molecule has 0 spiro atoms. The molecular formula is C20H20N4O. The first-order chi connectivity index (χ1) is 12.1. The van der Waals surface area contributed by atoms with Gasteiger partial charge in [-0.05, 0) is 38.1 Å². The van der Waals surface area contributed by atoms with E-state index in [2.05, 4.69) is 20.6 Å². The van der Waals surface area contributed by atoms with E-state index in [0.717, 1.165) is 16.9 Å². The summed E-state index contributed by atoms with van der Waals surface area (Å²) in [6.45, 7) is 3.88. The molecule has 126 valence electrons. The zero-order valence-electron chi connectivity index (χ0n) is 14.2. The van der Waals surface area contributed by atoms with E-state index in [4.69, 9.17) is 0 Å². The van der Waals surface area contributed by atoms with Gasteiger partial charge >= 0.3 is 0 Å². The van der Waals surface area contributed by atoms with Crippen LogP contribution in [0.5, 0.6) is 0 Å². The number of amides is 1. The molecule has 25 heavy (non-hydrogen) atoms. The SMILES string of the molecule is CC(C)NC(=O)c1ccc(Nc2cc(-c3ccccc3)ncn2)cc1. The highest BCUT2D eigenvalue weighted by atomic mass is 16.1. The van der Waals surface area contributed by atoms with E-state index < -0.39 is 0 Å². The predicted molar refractivity (Wildman–Crippen MR) is 99.8 cm³/mol. The Morgan fingerprint density at radius 3 is 2.36 bits per heavy atom. The number of rotatable bonds is 5. The highest BCUT2D eigenvalue weighted by Gasteiger charge is 2.07. The summed E-state index contributed by atoms with van der Waals surface area (Å²) in [5.74, 6) is 0.628. The zero-order valence-corrected chi connectivity index (χ0v) is 14.2. The third-order valence-electron chi connectivity index (χ3n) is 3.58. The van der Waals surface area contributed by atoms with Crippen molar-refractivity contribution in [2.45, 2.75) is 19.9 Å². The van der Waals surface area contributed by atoms with Crippen molar-refractivity contribution in [1.82, 2.24) is 15.3 Å². The fourth-order valence-corrected chi connectivity index (χ4v) is 2.39. The number of anilines is 2. The van der Waals surface area contributed by atoms with Crippen LogP contribution in [0.3, 0.4) is 0 Å². The quantitative estimate of drug-likeness (QED) is 0.740. The summed E-state index contributed by atoms with van der Waals surface area (Å²) < 4.78 is 0. The molecule has 1 aromatic heterocycles. The van der Waals surface area contributed by atoms with Gasteiger partial charge in [0.2, 0.25) is 0 Å². The van der Waals surface area contributed by atoms with E-state index in [-0.39, 0.29) is 11.9 Å². The van der Waals surface area contributed by atoms with Crippen LogP contribution in [0.25, 0.3) is 11.3 Å². The molecule has 1 heterocycles. The topological polar surface area (TPSA) is 66.9 Å². The average Bonchev–Trinajstić information content (AvgIpc) is 2.63. The van der Waals surface area contributed by atoms with Crippen molar-refractivity contribution in [3.05, 3.63) is 72.6 Å². The van der Waals surface area contributed by atoms with Crippen LogP contribution in [0.1, 0.15) is 24.2 Å². The molecule has 0 aliphatic carbocycles. The number of aromatic nitrogens is 2. The summed E-state index contributed by atoms with van der Waals surface area (Å²) in [5, 5.41) is 6.11. The smallest absolute Gasteiger partial charge is 0.251 e. The summed E-state index contributed by atoms with van der Waals surface area (Å²) in [6, 6.07) is 19.3. The predicted octanol–water partition coefficient (Wildman–Crippen LogP) is 4.03. The Morgan fingerprint density at radius 1 is 0.960 bits per heavy atom. The second kappa shape index (κ2) is 7.57.